The molecule has 1 aliphatic heterocycles. The van der Waals surface area contributed by atoms with Crippen LogP contribution in [0.4, 0.5) is 11.4 Å². The maximum Gasteiger partial charge on any atom is 0.340 e. The first-order valence-corrected chi connectivity index (χ1v) is 9.73. The Kier molecular flexibility index (Phi) is 6.50. The molecule has 0 unspecified atom stereocenters. The molecule has 0 radical (unpaired) electrons. The molecule has 0 fully saturated rings. The van der Waals surface area contributed by atoms with E-state index in [1.54, 1.807) is 44.2 Å². The van der Waals surface area contributed by atoms with E-state index in [0.29, 0.717) is 17.2 Å². The van der Waals surface area contributed by atoms with Crippen molar-refractivity contribution >= 4 is 40.8 Å². The third kappa shape index (κ3) is 4.34. The van der Waals surface area contributed by atoms with Crippen molar-refractivity contribution in [3.8, 4) is 11.5 Å². The van der Waals surface area contributed by atoms with Gasteiger partial charge >= 0.3 is 5.97 Å². The first-order valence-electron chi connectivity index (χ1n) is 9.36. The van der Waals surface area contributed by atoms with Crippen LogP contribution < -0.4 is 19.7 Å². The molecule has 9 heteroatoms. The zero-order chi connectivity index (χ0) is 22.7. The van der Waals surface area contributed by atoms with Crippen molar-refractivity contribution in [2.75, 3.05) is 24.4 Å². The minimum Gasteiger partial charge on any atom is -0.497 e. The van der Waals surface area contributed by atoms with Crippen molar-refractivity contribution in [3.63, 3.8) is 0 Å². The van der Waals surface area contributed by atoms with Crippen LogP contribution in [-0.4, -0.2) is 38.1 Å². The number of hydrogen-bond donors (Lipinski definition) is 1. The lowest BCUT2D eigenvalue weighted by Crippen LogP contribution is -2.34. The Bertz CT molecular complexity index is 1080. The number of methoxy groups -OCH3 is 2. The van der Waals surface area contributed by atoms with Crippen molar-refractivity contribution in [3.05, 3.63) is 58.8 Å². The molecule has 1 N–H and O–H groups in total. The average Bonchev–Trinajstić information content (AvgIpc) is 2.96. The van der Waals surface area contributed by atoms with Gasteiger partial charge in [-0.2, -0.15) is 0 Å². The topological polar surface area (TPSA) is 94.2 Å². The molecule has 2 aromatic rings. The standard InChI is InChI=1S/C22H21ClN2O6/c1-12(2)31-22(28)14-7-5-6-8-16(14)25-20(26)18(23)19(21(25)27)24-15-11-13(29-3)9-10-17(15)30-4/h5-12,24H,1-4H3. The van der Waals surface area contributed by atoms with Gasteiger partial charge in [0.05, 0.1) is 37.3 Å². The Morgan fingerprint density at radius 2 is 1.74 bits per heavy atom. The minimum atomic E-state index is -0.763. The summed E-state index contributed by atoms with van der Waals surface area (Å²) in [5.74, 6) is -1.21. The van der Waals surface area contributed by atoms with Crippen LogP contribution in [0, 0.1) is 0 Å². The molecule has 0 bridgehead atoms. The van der Waals surface area contributed by atoms with E-state index in [1.807, 2.05) is 0 Å². The van der Waals surface area contributed by atoms with Crippen molar-refractivity contribution in [1.29, 1.82) is 0 Å². The second-order valence-electron chi connectivity index (χ2n) is 6.80. The first kappa shape index (κ1) is 22.2. The van der Waals surface area contributed by atoms with Gasteiger partial charge in [-0.15, -0.1) is 0 Å². The van der Waals surface area contributed by atoms with E-state index in [9.17, 15) is 14.4 Å². The predicted molar refractivity (Wildman–Crippen MR) is 116 cm³/mol. The molecule has 8 nitrogen and oxygen atoms in total. The predicted octanol–water partition coefficient (Wildman–Crippen LogP) is 3.70. The number of para-hydroxylation sites is 1. The molecule has 0 spiro atoms. The fourth-order valence-electron chi connectivity index (χ4n) is 3.00. The largest absolute Gasteiger partial charge is 0.497 e. The summed E-state index contributed by atoms with van der Waals surface area (Å²) in [4.78, 5) is 39.3. The van der Waals surface area contributed by atoms with Gasteiger partial charge in [-0.1, -0.05) is 23.7 Å². The summed E-state index contributed by atoms with van der Waals surface area (Å²) in [5.41, 5.74) is 0.383. The molecule has 0 atom stereocenters. The summed E-state index contributed by atoms with van der Waals surface area (Å²) in [5, 5.41) is 2.54. The highest BCUT2D eigenvalue weighted by Crippen LogP contribution is 2.35. The zero-order valence-corrected chi connectivity index (χ0v) is 18.1. The molecular weight excluding hydrogens is 424 g/mol. The Hall–Kier alpha value is -3.52. The maximum absolute atomic E-state index is 13.2. The highest BCUT2D eigenvalue weighted by atomic mass is 35.5. The summed E-state index contributed by atoms with van der Waals surface area (Å²) >= 11 is 6.22. The van der Waals surface area contributed by atoms with Crippen LogP contribution in [0.5, 0.6) is 11.5 Å². The molecular formula is C22H21ClN2O6. The van der Waals surface area contributed by atoms with Gasteiger partial charge in [-0.05, 0) is 38.1 Å². The van der Waals surface area contributed by atoms with Crippen molar-refractivity contribution in [1.82, 2.24) is 0 Å². The number of anilines is 2. The van der Waals surface area contributed by atoms with E-state index < -0.39 is 17.8 Å². The number of halogens is 1. The van der Waals surface area contributed by atoms with E-state index in [0.717, 1.165) is 4.90 Å². The van der Waals surface area contributed by atoms with Crippen LogP contribution >= 0.6 is 11.6 Å². The van der Waals surface area contributed by atoms with E-state index in [-0.39, 0.29) is 28.1 Å². The Labute approximate surface area is 184 Å². The number of ether oxygens (including phenoxy) is 3. The summed E-state index contributed by atoms with van der Waals surface area (Å²) in [6.07, 6.45) is -0.370. The molecule has 0 saturated carbocycles. The van der Waals surface area contributed by atoms with Gasteiger partial charge in [-0.3, -0.25) is 9.59 Å². The lowest BCUT2D eigenvalue weighted by molar-refractivity contribution is -0.120. The molecule has 1 heterocycles. The monoisotopic (exact) mass is 444 g/mol. The van der Waals surface area contributed by atoms with Crippen LogP contribution in [0.3, 0.4) is 0 Å². The van der Waals surface area contributed by atoms with Gasteiger partial charge in [0, 0.05) is 6.07 Å². The number of nitrogens with zero attached hydrogens (tertiary/aromatic N) is 1. The fraction of sp³-hybridized carbons (Fsp3) is 0.227. The normalized spacial score (nSPS) is 13.7. The summed E-state index contributed by atoms with van der Waals surface area (Å²) in [7, 11) is 2.96. The third-order valence-electron chi connectivity index (χ3n) is 4.40. The summed E-state index contributed by atoms with van der Waals surface area (Å²) in [6, 6.07) is 11.1. The van der Waals surface area contributed by atoms with Crippen LogP contribution in [0.1, 0.15) is 24.2 Å². The number of imide groups is 1. The molecule has 162 valence electrons. The SMILES string of the molecule is COc1ccc(OC)c(NC2=C(Cl)C(=O)N(c3ccccc3C(=O)OC(C)C)C2=O)c1. The molecule has 0 saturated heterocycles. The molecule has 0 aliphatic carbocycles. The Morgan fingerprint density at radius 3 is 2.39 bits per heavy atom. The van der Waals surface area contributed by atoms with Gasteiger partial charge in [0.25, 0.3) is 11.8 Å². The quantitative estimate of drug-likeness (QED) is 0.514. The number of benzene rings is 2. The molecule has 31 heavy (non-hydrogen) atoms. The lowest BCUT2D eigenvalue weighted by Gasteiger charge is -2.19. The Balaban J connectivity index is 1.98. The van der Waals surface area contributed by atoms with E-state index in [2.05, 4.69) is 5.32 Å². The second kappa shape index (κ2) is 9.09. The minimum absolute atomic E-state index is 0.0718. The average molecular weight is 445 g/mol. The van der Waals surface area contributed by atoms with Gasteiger partial charge in [0.2, 0.25) is 0 Å². The molecule has 0 aromatic heterocycles. The molecule has 1 aliphatic rings. The van der Waals surface area contributed by atoms with Gasteiger partial charge < -0.3 is 19.5 Å². The number of rotatable bonds is 7. The number of nitrogens with one attached hydrogen (secondary N) is 1. The molecule has 2 amide bonds. The summed E-state index contributed by atoms with van der Waals surface area (Å²) < 4.78 is 15.7. The van der Waals surface area contributed by atoms with Crippen LogP contribution in [0.15, 0.2) is 53.2 Å². The van der Waals surface area contributed by atoms with Gasteiger partial charge in [-0.25, -0.2) is 9.69 Å². The smallest absolute Gasteiger partial charge is 0.340 e. The van der Waals surface area contributed by atoms with Crippen molar-refractivity contribution in [2.45, 2.75) is 20.0 Å². The fourth-order valence-corrected chi connectivity index (χ4v) is 3.21. The number of hydrogen-bond acceptors (Lipinski definition) is 7. The van der Waals surface area contributed by atoms with Crippen LogP contribution in [-0.2, 0) is 14.3 Å². The van der Waals surface area contributed by atoms with Crippen LogP contribution in [0.2, 0.25) is 0 Å². The number of carbonyl (C=O) groups is 3. The van der Waals surface area contributed by atoms with Crippen molar-refractivity contribution in [2.24, 2.45) is 0 Å². The molecule has 2 aromatic carbocycles. The van der Waals surface area contributed by atoms with Gasteiger partial charge in [0.1, 0.15) is 22.2 Å². The zero-order valence-electron chi connectivity index (χ0n) is 17.4. The third-order valence-corrected chi connectivity index (χ3v) is 4.75. The van der Waals surface area contributed by atoms with E-state index in [1.165, 1.54) is 26.4 Å². The van der Waals surface area contributed by atoms with Crippen LogP contribution in [0.25, 0.3) is 0 Å². The number of carbonyl (C=O) groups excluding carboxylic acids is 3. The van der Waals surface area contributed by atoms with Gasteiger partial charge in [0.15, 0.2) is 0 Å². The van der Waals surface area contributed by atoms with Crippen molar-refractivity contribution < 1.29 is 28.6 Å². The molecule has 3 rings (SSSR count). The first-order chi connectivity index (χ1) is 14.8. The lowest BCUT2D eigenvalue weighted by atomic mass is 10.1. The highest BCUT2D eigenvalue weighted by Gasteiger charge is 2.41. The Morgan fingerprint density at radius 1 is 1.03 bits per heavy atom. The second-order valence-corrected chi connectivity index (χ2v) is 7.18. The summed E-state index contributed by atoms with van der Waals surface area (Å²) in [6.45, 7) is 3.41. The maximum atomic E-state index is 13.2. The highest BCUT2D eigenvalue weighted by molar-refractivity contribution is 6.53. The number of esters is 1. The van der Waals surface area contributed by atoms with E-state index in [4.69, 9.17) is 25.8 Å². The van der Waals surface area contributed by atoms with E-state index >= 15 is 0 Å². The number of amides is 2.